The predicted molar refractivity (Wildman–Crippen MR) is 159 cm³/mol. The molecule has 8 aromatic rings. The minimum absolute atomic E-state index is 0.851. The van der Waals surface area contributed by atoms with Crippen LogP contribution in [0.4, 0.5) is 0 Å². The Balaban J connectivity index is 1.66. The maximum Gasteiger partial charge on any atom is 0.119 e. The van der Waals surface area contributed by atoms with Gasteiger partial charge in [0.25, 0.3) is 0 Å². The molecule has 8 rings (SSSR count). The minimum atomic E-state index is 0.851. The molecule has 0 unspecified atom stereocenters. The smallest absolute Gasteiger partial charge is 0.119 e. The molecule has 0 amide bonds. The molecule has 38 heavy (non-hydrogen) atoms. The van der Waals surface area contributed by atoms with Gasteiger partial charge in [-0.25, -0.2) is 0 Å². The van der Waals surface area contributed by atoms with Crippen molar-refractivity contribution in [2.75, 3.05) is 7.11 Å². The summed E-state index contributed by atoms with van der Waals surface area (Å²) >= 11 is 0. The topological polar surface area (TPSA) is 19.1 Å². The van der Waals surface area contributed by atoms with Crippen LogP contribution in [0.5, 0.6) is 5.75 Å². The number of ether oxygens (including phenoxy) is 1. The van der Waals surface area contributed by atoms with Gasteiger partial charge in [0.2, 0.25) is 0 Å². The second-order valence-electron chi connectivity index (χ2n) is 9.76. The first kappa shape index (κ1) is 21.1. The molecule has 0 atom stereocenters. The van der Waals surface area contributed by atoms with Crippen molar-refractivity contribution in [3.63, 3.8) is 0 Å². The molecule has 0 saturated heterocycles. The maximum atomic E-state index is 5.48. The number of methoxy groups -OCH3 is 1. The lowest BCUT2D eigenvalue weighted by molar-refractivity contribution is 0.415. The second-order valence-corrected chi connectivity index (χ2v) is 9.76. The van der Waals surface area contributed by atoms with Gasteiger partial charge >= 0.3 is 0 Å². The molecular formula is C35H24N2O. The average Bonchev–Trinajstić information content (AvgIpc) is 3.51. The third kappa shape index (κ3) is 2.84. The summed E-state index contributed by atoms with van der Waals surface area (Å²) in [7, 11) is 1.71. The summed E-state index contributed by atoms with van der Waals surface area (Å²) < 4.78 is 10.4. The van der Waals surface area contributed by atoms with Crippen LogP contribution in [0.25, 0.3) is 65.8 Å². The number of hydrogen-bond acceptors (Lipinski definition) is 1. The highest BCUT2D eigenvalue weighted by Gasteiger charge is 2.22. The Morgan fingerprint density at radius 1 is 0.421 bits per heavy atom. The van der Waals surface area contributed by atoms with E-state index in [4.69, 9.17) is 4.74 Å². The van der Waals surface area contributed by atoms with Crippen molar-refractivity contribution < 1.29 is 4.74 Å². The summed E-state index contributed by atoms with van der Waals surface area (Å²) in [5.41, 5.74) is 7.12. The Kier molecular flexibility index (Phi) is 4.44. The normalized spacial score (nSPS) is 11.8. The van der Waals surface area contributed by atoms with E-state index in [0.29, 0.717) is 0 Å². The highest BCUT2D eigenvalue weighted by Crippen LogP contribution is 2.43. The number of fused-ring (bicyclic) bond motifs is 9. The summed E-state index contributed by atoms with van der Waals surface area (Å²) in [5.74, 6) is 0.851. The lowest BCUT2D eigenvalue weighted by atomic mass is 10.0. The number of para-hydroxylation sites is 2. The molecule has 0 aliphatic heterocycles. The molecular weight excluding hydrogens is 464 g/mol. The molecule has 3 nitrogen and oxygen atoms in total. The molecule has 6 aromatic carbocycles. The van der Waals surface area contributed by atoms with Crippen LogP contribution in [0.1, 0.15) is 0 Å². The van der Waals surface area contributed by atoms with Crippen molar-refractivity contribution in [1.82, 2.24) is 9.13 Å². The SMILES string of the molecule is COc1ccc(-n2c3ccccc3c3ccc4c5ccc6ccccc6c5n(-c5ccccc5)c4c32)cc1. The van der Waals surface area contributed by atoms with Crippen molar-refractivity contribution in [2.45, 2.75) is 0 Å². The van der Waals surface area contributed by atoms with Crippen LogP contribution in [0.2, 0.25) is 0 Å². The van der Waals surface area contributed by atoms with E-state index in [1.54, 1.807) is 7.11 Å². The molecule has 2 heterocycles. The van der Waals surface area contributed by atoms with Crippen LogP contribution in [0.15, 0.2) is 127 Å². The highest BCUT2D eigenvalue weighted by atomic mass is 16.5. The molecule has 3 heteroatoms. The number of hydrogen-bond donors (Lipinski definition) is 0. The van der Waals surface area contributed by atoms with E-state index in [1.165, 1.54) is 54.4 Å². The van der Waals surface area contributed by atoms with Gasteiger partial charge in [-0.3, -0.25) is 0 Å². The van der Waals surface area contributed by atoms with E-state index in [-0.39, 0.29) is 0 Å². The summed E-state index contributed by atoms with van der Waals surface area (Å²) in [6.45, 7) is 0. The van der Waals surface area contributed by atoms with E-state index < -0.39 is 0 Å². The fourth-order valence-electron chi connectivity index (χ4n) is 6.14. The Morgan fingerprint density at radius 2 is 1.00 bits per heavy atom. The predicted octanol–water partition coefficient (Wildman–Crippen LogP) is 9.04. The first-order valence-electron chi connectivity index (χ1n) is 12.9. The van der Waals surface area contributed by atoms with E-state index >= 15 is 0 Å². The molecule has 2 aromatic heterocycles. The van der Waals surface area contributed by atoms with Crippen molar-refractivity contribution >= 4 is 54.4 Å². The first-order chi connectivity index (χ1) is 18.8. The molecule has 0 N–H and O–H groups in total. The van der Waals surface area contributed by atoms with Gasteiger partial charge in [0.15, 0.2) is 0 Å². The quantitative estimate of drug-likeness (QED) is 0.243. The molecule has 0 saturated carbocycles. The highest BCUT2D eigenvalue weighted by molar-refractivity contribution is 6.26. The summed E-state index contributed by atoms with van der Waals surface area (Å²) in [6.07, 6.45) is 0. The molecule has 0 spiro atoms. The lowest BCUT2D eigenvalue weighted by Gasteiger charge is -2.13. The number of nitrogens with zero attached hydrogens (tertiary/aromatic N) is 2. The van der Waals surface area contributed by atoms with E-state index in [0.717, 1.165) is 17.1 Å². The standard InChI is InChI=1S/C35H24N2O/c1-38-26-18-16-25(17-19-26)36-32-14-8-7-13-28(32)29-21-22-31-30-20-15-23-9-5-6-12-27(23)33(30)37(35(31)34(29)36)24-10-3-2-4-11-24/h2-22H,1H3. The third-order valence-electron chi connectivity index (χ3n) is 7.79. The Morgan fingerprint density at radius 3 is 1.79 bits per heavy atom. The van der Waals surface area contributed by atoms with Crippen LogP contribution >= 0.6 is 0 Å². The summed E-state index contributed by atoms with van der Waals surface area (Å²) in [4.78, 5) is 0. The van der Waals surface area contributed by atoms with Crippen molar-refractivity contribution in [2.24, 2.45) is 0 Å². The Bertz CT molecular complexity index is 2150. The number of benzene rings is 6. The van der Waals surface area contributed by atoms with Gasteiger partial charge in [0.1, 0.15) is 5.75 Å². The maximum absolute atomic E-state index is 5.48. The Hall–Kier alpha value is -5.02. The van der Waals surface area contributed by atoms with Crippen molar-refractivity contribution in [3.05, 3.63) is 127 Å². The van der Waals surface area contributed by atoms with Crippen LogP contribution < -0.4 is 4.74 Å². The second kappa shape index (κ2) is 7.99. The monoisotopic (exact) mass is 488 g/mol. The molecule has 0 fully saturated rings. The molecule has 0 radical (unpaired) electrons. The van der Waals surface area contributed by atoms with E-state index in [2.05, 4.69) is 124 Å². The van der Waals surface area contributed by atoms with Crippen LogP contribution in [-0.4, -0.2) is 16.2 Å². The largest absolute Gasteiger partial charge is 0.497 e. The fraction of sp³-hybridized carbons (Fsp3) is 0.0286. The fourth-order valence-corrected chi connectivity index (χ4v) is 6.14. The van der Waals surface area contributed by atoms with Gasteiger partial charge in [-0.2, -0.15) is 0 Å². The van der Waals surface area contributed by atoms with Gasteiger partial charge in [-0.05, 0) is 47.9 Å². The van der Waals surface area contributed by atoms with Crippen LogP contribution in [-0.2, 0) is 0 Å². The first-order valence-corrected chi connectivity index (χ1v) is 12.9. The van der Waals surface area contributed by atoms with Gasteiger partial charge in [0.05, 0.1) is 29.2 Å². The minimum Gasteiger partial charge on any atom is -0.497 e. The van der Waals surface area contributed by atoms with Gasteiger partial charge in [-0.15, -0.1) is 0 Å². The van der Waals surface area contributed by atoms with Crippen molar-refractivity contribution in [1.29, 1.82) is 0 Å². The van der Waals surface area contributed by atoms with Crippen LogP contribution in [0, 0.1) is 0 Å². The number of rotatable bonds is 3. The van der Waals surface area contributed by atoms with Crippen LogP contribution in [0.3, 0.4) is 0 Å². The van der Waals surface area contributed by atoms with E-state index in [9.17, 15) is 0 Å². The van der Waals surface area contributed by atoms with Gasteiger partial charge in [-0.1, -0.05) is 84.9 Å². The van der Waals surface area contributed by atoms with Gasteiger partial charge < -0.3 is 13.9 Å². The molecule has 0 bridgehead atoms. The zero-order valence-electron chi connectivity index (χ0n) is 20.9. The average molecular weight is 489 g/mol. The van der Waals surface area contributed by atoms with E-state index in [1.807, 2.05) is 12.1 Å². The lowest BCUT2D eigenvalue weighted by Crippen LogP contribution is -1.99. The zero-order chi connectivity index (χ0) is 25.2. The Labute approximate surface area is 219 Å². The summed E-state index contributed by atoms with van der Waals surface area (Å²) in [5, 5.41) is 7.50. The third-order valence-corrected chi connectivity index (χ3v) is 7.79. The van der Waals surface area contributed by atoms with Gasteiger partial charge in [0, 0.05) is 38.3 Å². The molecule has 0 aliphatic rings. The molecule has 180 valence electrons. The molecule has 0 aliphatic carbocycles. The zero-order valence-corrected chi connectivity index (χ0v) is 20.9. The summed E-state index contributed by atoms with van der Waals surface area (Å²) in [6, 6.07) is 45.6. The number of aromatic nitrogens is 2. The van der Waals surface area contributed by atoms with Crippen molar-refractivity contribution in [3.8, 4) is 17.1 Å².